The van der Waals surface area contributed by atoms with Crippen LogP contribution >= 0.6 is 0 Å². The molecular formula is C13H24N2O3. The lowest BCUT2D eigenvalue weighted by Crippen LogP contribution is -2.40. The first-order valence-electron chi connectivity index (χ1n) is 6.32. The Morgan fingerprint density at radius 2 is 2.00 bits per heavy atom. The quantitative estimate of drug-likeness (QED) is 0.611. The average Bonchev–Trinajstić information content (AvgIpc) is 2.77. The highest BCUT2D eigenvalue weighted by atomic mass is 16.5. The third-order valence-corrected chi connectivity index (χ3v) is 2.68. The summed E-state index contributed by atoms with van der Waals surface area (Å²) in [6.07, 6.45) is 3.18. The van der Waals surface area contributed by atoms with E-state index in [2.05, 4.69) is 10.1 Å². The summed E-state index contributed by atoms with van der Waals surface area (Å²) in [4.78, 5) is 24.7. The molecular weight excluding hydrogens is 232 g/mol. The molecule has 1 atom stereocenters. The van der Waals surface area contributed by atoms with Crippen LogP contribution in [-0.2, 0) is 14.3 Å². The van der Waals surface area contributed by atoms with Crippen LogP contribution in [0.25, 0.3) is 0 Å². The maximum Gasteiger partial charge on any atom is 0.332 e. The van der Waals surface area contributed by atoms with Gasteiger partial charge in [-0.1, -0.05) is 13.8 Å². The third-order valence-electron chi connectivity index (χ3n) is 2.68. The minimum Gasteiger partial charge on any atom is -0.466 e. The largest absolute Gasteiger partial charge is 0.466 e. The number of carbonyl (C=O) groups excluding carboxylic acids is 2. The highest BCUT2D eigenvalue weighted by Gasteiger charge is 2.27. The average molecular weight is 256 g/mol. The molecule has 18 heavy (non-hydrogen) atoms. The van der Waals surface area contributed by atoms with Gasteiger partial charge in [0.2, 0.25) is 5.91 Å². The molecule has 0 radical (unpaired) electrons. The Morgan fingerprint density at radius 3 is 2.44 bits per heavy atom. The molecule has 104 valence electrons. The van der Waals surface area contributed by atoms with E-state index in [4.69, 9.17) is 0 Å². The summed E-state index contributed by atoms with van der Waals surface area (Å²) in [5.41, 5.74) is 0.511. The predicted molar refractivity (Wildman–Crippen MR) is 70.9 cm³/mol. The second kappa shape index (κ2) is 8.69. The Kier molecular flexibility index (Phi) is 8.03. The van der Waals surface area contributed by atoms with Gasteiger partial charge in [-0.2, -0.15) is 0 Å². The fraction of sp³-hybridized carbons (Fsp3) is 0.692. The normalized spacial score (nSPS) is 19.8. The molecule has 1 saturated heterocycles. The molecule has 1 heterocycles. The molecule has 0 unspecified atom stereocenters. The Hall–Kier alpha value is -1.36. The Labute approximate surface area is 109 Å². The molecule has 1 fully saturated rings. The van der Waals surface area contributed by atoms with Crippen molar-refractivity contribution >= 4 is 11.9 Å². The lowest BCUT2D eigenvalue weighted by molar-refractivity contribution is -0.134. The van der Waals surface area contributed by atoms with Gasteiger partial charge in [-0.05, 0) is 33.4 Å². The van der Waals surface area contributed by atoms with E-state index in [-0.39, 0.29) is 11.9 Å². The van der Waals surface area contributed by atoms with Gasteiger partial charge in [-0.15, -0.1) is 0 Å². The van der Waals surface area contributed by atoms with E-state index in [1.807, 2.05) is 25.8 Å². The van der Waals surface area contributed by atoms with Gasteiger partial charge in [0.15, 0.2) is 0 Å². The fourth-order valence-electron chi connectivity index (χ4n) is 1.79. The van der Waals surface area contributed by atoms with Gasteiger partial charge in [0.1, 0.15) is 0 Å². The summed E-state index contributed by atoms with van der Waals surface area (Å²) in [6, 6.07) is -0.0824. The molecule has 1 rings (SSSR count). The SMILES string of the molecule is CC.COC(=O)/C=C(\C)NC(=O)[C@@H]1CCCN1C. The Bertz CT molecular complexity index is 313. The second-order valence-corrected chi connectivity index (χ2v) is 3.98. The van der Waals surface area contributed by atoms with Gasteiger partial charge in [0.25, 0.3) is 0 Å². The molecule has 0 aliphatic carbocycles. The number of methoxy groups -OCH3 is 1. The number of hydrogen-bond acceptors (Lipinski definition) is 4. The lowest BCUT2D eigenvalue weighted by atomic mass is 10.2. The summed E-state index contributed by atoms with van der Waals surface area (Å²) >= 11 is 0. The summed E-state index contributed by atoms with van der Waals surface area (Å²) in [5.74, 6) is -0.518. The van der Waals surface area contributed by atoms with Crippen molar-refractivity contribution in [3.8, 4) is 0 Å². The van der Waals surface area contributed by atoms with Crippen LogP contribution in [0, 0.1) is 0 Å². The summed E-state index contributed by atoms with van der Waals surface area (Å²) in [7, 11) is 3.23. The maximum atomic E-state index is 11.8. The van der Waals surface area contributed by atoms with E-state index < -0.39 is 5.97 Å². The van der Waals surface area contributed by atoms with Crippen molar-refractivity contribution < 1.29 is 14.3 Å². The van der Waals surface area contributed by atoms with Crippen LogP contribution in [0.5, 0.6) is 0 Å². The predicted octanol–water partition coefficient (Wildman–Crippen LogP) is 1.30. The lowest BCUT2D eigenvalue weighted by Gasteiger charge is -2.18. The molecule has 0 aromatic carbocycles. The number of allylic oxidation sites excluding steroid dienone is 1. The first-order chi connectivity index (χ1) is 8.54. The number of carbonyl (C=O) groups is 2. The van der Waals surface area contributed by atoms with Crippen LogP contribution in [-0.4, -0.2) is 43.5 Å². The van der Waals surface area contributed by atoms with Crippen LogP contribution in [0.2, 0.25) is 0 Å². The second-order valence-electron chi connectivity index (χ2n) is 3.98. The number of nitrogens with zero attached hydrogens (tertiary/aromatic N) is 1. The molecule has 1 N–H and O–H groups in total. The van der Waals surface area contributed by atoms with Gasteiger partial charge in [0, 0.05) is 11.8 Å². The molecule has 0 aromatic rings. The van der Waals surface area contributed by atoms with Crippen LogP contribution in [0.1, 0.15) is 33.6 Å². The number of hydrogen-bond donors (Lipinski definition) is 1. The molecule has 0 spiro atoms. The Balaban J connectivity index is 0.00000137. The van der Waals surface area contributed by atoms with Gasteiger partial charge in [-0.25, -0.2) is 4.79 Å². The zero-order valence-corrected chi connectivity index (χ0v) is 11.9. The van der Waals surface area contributed by atoms with Crippen molar-refractivity contribution in [1.82, 2.24) is 10.2 Å². The van der Waals surface area contributed by atoms with E-state index in [1.54, 1.807) is 6.92 Å². The van der Waals surface area contributed by atoms with Crippen LogP contribution in [0.3, 0.4) is 0 Å². The molecule has 5 nitrogen and oxygen atoms in total. The summed E-state index contributed by atoms with van der Waals surface area (Å²) in [6.45, 7) is 6.61. The number of esters is 1. The standard InChI is InChI=1S/C11H18N2O3.C2H6/c1-8(7-10(14)16-3)12-11(15)9-5-4-6-13(9)2;1-2/h7,9H,4-6H2,1-3H3,(H,12,15);1-2H3/b8-7+;/t9-;/m0./s1. The minimum atomic E-state index is -0.461. The van der Waals surface area contributed by atoms with Crippen molar-refractivity contribution in [1.29, 1.82) is 0 Å². The molecule has 1 amide bonds. The van der Waals surface area contributed by atoms with Crippen molar-refractivity contribution in [2.75, 3.05) is 20.7 Å². The highest BCUT2D eigenvalue weighted by molar-refractivity contribution is 5.87. The molecule has 0 bridgehead atoms. The first-order valence-corrected chi connectivity index (χ1v) is 6.32. The smallest absolute Gasteiger partial charge is 0.332 e. The van der Waals surface area contributed by atoms with E-state index >= 15 is 0 Å². The van der Waals surface area contributed by atoms with Gasteiger partial charge in [0.05, 0.1) is 13.2 Å². The molecule has 1 aliphatic rings. The van der Waals surface area contributed by atoms with E-state index in [9.17, 15) is 9.59 Å². The first kappa shape index (κ1) is 16.6. The topological polar surface area (TPSA) is 58.6 Å². The van der Waals surface area contributed by atoms with Crippen molar-refractivity contribution in [2.24, 2.45) is 0 Å². The Morgan fingerprint density at radius 1 is 1.39 bits per heavy atom. The highest BCUT2D eigenvalue weighted by Crippen LogP contribution is 2.14. The zero-order valence-electron chi connectivity index (χ0n) is 11.9. The fourth-order valence-corrected chi connectivity index (χ4v) is 1.79. The summed E-state index contributed by atoms with van der Waals surface area (Å²) < 4.78 is 4.47. The van der Waals surface area contributed by atoms with Crippen LogP contribution in [0.4, 0.5) is 0 Å². The molecule has 0 aromatic heterocycles. The van der Waals surface area contributed by atoms with E-state index in [1.165, 1.54) is 13.2 Å². The molecule has 5 heteroatoms. The molecule has 0 saturated carbocycles. The number of ether oxygens (including phenoxy) is 1. The van der Waals surface area contributed by atoms with Crippen molar-refractivity contribution in [3.63, 3.8) is 0 Å². The third kappa shape index (κ3) is 5.31. The number of likely N-dealkylation sites (tertiary alicyclic amines) is 1. The maximum absolute atomic E-state index is 11.8. The van der Waals surface area contributed by atoms with Gasteiger partial charge >= 0.3 is 5.97 Å². The van der Waals surface area contributed by atoms with Gasteiger partial charge in [-0.3, -0.25) is 9.69 Å². The number of nitrogens with one attached hydrogen (secondary N) is 1. The number of likely N-dealkylation sites (N-methyl/N-ethyl adjacent to an activating group) is 1. The van der Waals surface area contributed by atoms with Gasteiger partial charge < -0.3 is 10.1 Å². The van der Waals surface area contributed by atoms with Crippen LogP contribution < -0.4 is 5.32 Å². The monoisotopic (exact) mass is 256 g/mol. The number of amides is 1. The summed E-state index contributed by atoms with van der Waals surface area (Å²) in [5, 5.41) is 2.70. The van der Waals surface area contributed by atoms with Crippen molar-refractivity contribution in [2.45, 2.75) is 39.7 Å². The molecule has 1 aliphatic heterocycles. The number of rotatable bonds is 3. The zero-order chi connectivity index (χ0) is 14.1. The van der Waals surface area contributed by atoms with Crippen LogP contribution in [0.15, 0.2) is 11.8 Å². The van der Waals surface area contributed by atoms with E-state index in [0.717, 1.165) is 19.4 Å². The van der Waals surface area contributed by atoms with Crippen molar-refractivity contribution in [3.05, 3.63) is 11.8 Å². The van der Waals surface area contributed by atoms with E-state index in [0.29, 0.717) is 5.70 Å². The minimum absolute atomic E-state index is 0.0577.